The number of carbonyl (C=O) groups is 1. The molecule has 1 saturated heterocycles. The average Bonchev–Trinajstić information content (AvgIpc) is 2.65. The molecule has 7 nitrogen and oxygen atoms in total. The van der Waals surface area contributed by atoms with Gasteiger partial charge in [-0.2, -0.15) is 0 Å². The highest BCUT2D eigenvalue weighted by molar-refractivity contribution is 5.94. The van der Waals surface area contributed by atoms with E-state index in [0.717, 1.165) is 51.4 Å². The first kappa shape index (κ1) is 19.2. The van der Waals surface area contributed by atoms with Gasteiger partial charge in [0.05, 0.1) is 19.8 Å². The van der Waals surface area contributed by atoms with E-state index < -0.39 is 0 Å². The maximum Gasteiger partial charge on any atom is 0.251 e. The Morgan fingerprint density at radius 1 is 1.24 bits per heavy atom. The molecule has 1 aromatic carbocycles. The van der Waals surface area contributed by atoms with Crippen LogP contribution >= 0.6 is 0 Å². The summed E-state index contributed by atoms with van der Waals surface area (Å²) >= 11 is 0. The highest BCUT2D eigenvalue weighted by Crippen LogP contribution is 2.05. The summed E-state index contributed by atoms with van der Waals surface area (Å²) in [6, 6.07) is 7.42. The van der Waals surface area contributed by atoms with E-state index in [-0.39, 0.29) is 5.91 Å². The number of ether oxygens (including phenoxy) is 1. The van der Waals surface area contributed by atoms with Crippen LogP contribution in [0.5, 0.6) is 0 Å². The molecule has 0 radical (unpaired) electrons. The lowest BCUT2D eigenvalue weighted by Crippen LogP contribution is -2.39. The van der Waals surface area contributed by atoms with Crippen LogP contribution < -0.4 is 16.4 Å². The highest BCUT2D eigenvalue weighted by atomic mass is 16.5. The normalized spacial score (nSPS) is 15.8. The Hall–Kier alpha value is -2.12. The van der Waals surface area contributed by atoms with Gasteiger partial charge in [0.25, 0.3) is 5.91 Å². The Balaban J connectivity index is 1.66. The third-order valence-electron chi connectivity index (χ3n) is 4.05. The van der Waals surface area contributed by atoms with E-state index in [0.29, 0.717) is 24.6 Å². The number of nitrogens with two attached hydrogens (primary N) is 1. The molecule has 138 valence electrons. The average molecular weight is 347 g/mol. The van der Waals surface area contributed by atoms with Gasteiger partial charge in [0.15, 0.2) is 5.96 Å². The lowest BCUT2D eigenvalue weighted by molar-refractivity contribution is 0.0376. The number of nitrogens with zero attached hydrogens (tertiary/aromatic N) is 2. The van der Waals surface area contributed by atoms with Gasteiger partial charge in [-0.25, -0.2) is 4.99 Å². The lowest BCUT2D eigenvalue weighted by atomic mass is 10.1. The number of hydrogen-bond donors (Lipinski definition) is 3. The predicted molar refractivity (Wildman–Crippen MR) is 99.7 cm³/mol. The molecule has 1 fully saturated rings. The van der Waals surface area contributed by atoms with E-state index in [4.69, 9.17) is 10.5 Å². The fourth-order valence-electron chi connectivity index (χ4n) is 2.60. The van der Waals surface area contributed by atoms with E-state index in [9.17, 15) is 4.79 Å². The van der Waals surface area contributed by atoms with E-state index in [1.165, 1.54) is 0 Å². The van der Waals surface area contributed by atoms with Crippen molar-refractivity contribution in [3.05, 3.63) is 35.4 Å². The van der Waals surface area contributed by atoms with Gasteiger partial charge in [-0.15, -0.1) is 0 Å². The summed E-state index contributed by atoms with van der Waals surface area (Å²) < 4.78 is 5.33. The number of benzene rings is 1. The van der Waals surface area contributed by atoms with E-state index in [1.807, 2.05) is 31.2 Å². The molecule has 1 heterocycles. The second-order valence-electron chi connectivity index (χ2n) is 5.99. The van der Waals surface area contributed by atoms with Gasteiger partial charge in [0.1, 0.15) is 0 Å². The first-order valence-corrected chi connectivity index (χ1v) is 8.90. The Morgan fingerprint density at radius 3 is 2.64 bits per heavy atom. The Bertz CT molecular complexity index is 553. The van der Waals surface area contributed by atoms with Gasteiger partial charge >= 0.3 is 0 Å². The minimum absolute atomic E-state index is 0.0565. The SMILES string of the molecule is CCNC(=O)c1ccc(CN=C(N)NCCCN2CCOCC2)cc1. The zero-order valence-electron chi connectivity index (χ0n) is 15.0. The van der Waals surface area contributed by atoms with Crippen LogP contribution in [0.4, 0.5) is 0 Å². The summed E-state index contributed by atoms with van der Waals surface area (Å²) in [5.74, 6) is 0.397. The summed E-state index contributed by atoms with van der Waals surface area (Å²) in [7, 11) is 0. The van der Waals surface area contributed by atoms with Gasteiger partial charge in [0, 0.05) is 31.7 Å². The molecule has 1 aliphatic heterocycles. The summed E-state index contributed by atoms with van der Waals surface area (Å²) in [6.45, 7) is 8.56. The van der Waals surface area contributed by atoms with Crippen molar-refractivity contribution in [2.24, 2.45) is 10.7 Å². The fraction of sp³-hybridized carbons (Fsp3) is 0.556. The molecule has 0 atom stereocenters. The molecule has 25 heavy (non-hydrogen) atoms. The van der Waals surface area contributed by atoms with Crippen molar-refractivity contribution in [3.63, 3.8) is 0 Å². The quantitative estimate of drug-likeness (QED) is 0.363. The van der Waals surface area contributed by atoms with Crippen molar-refractivity contribution in [1.29, 1.82) is 0 Å². The lowest BCUT2D eigenvalue weighted by Gasteiger charge is -2.26. The zero-order chi connectivity index (χ0) is 17.9. The maximum atomic E-state index is 11.7. The van der Waals surface area contributed by atoms with Crippen LogP contribution in [0.1, 0.15) is 29.3 Å². The molecule has 7 heteroatoms. The topological polar surface area (TPSA) is 92.0 Å². The molecule has 1 aromatic rings. The number of guanidine groups is 1. The standard InChI is InChI=1S/C18H29N5O2/c1-2-20-17(24)16-6-4-15(5-7-16)14-22-18(19)21-8-3-9-23-10-12-25-13-11-23/h4-7H,2-3,8-14H2,1H3,(H,20,24)(H3,19,21,22). The molecule has 2 rings (SSSR count). The van der Waals surface area contributed by atoms with Gasteiger partial charge in [-0.3, -0.25) is 9.69 Å². The summed E-state index contributed by atoms with van der Waals surface area (Å²) in [5.41, 5.74) is 7.58. The minimum Gasteiger partial charge on any atom is -0.379 e. The number of amides is 1. The molecule has 0 unspecified atom stereocenters. The second-order valence-corrected chi connectivity index (χ2v) is 5.99. The monoisotopic (exact) mass is 347 g/mol. The highest BCUT2D eigenvalue weighted by Gasteiger charge is 2.09. The molecule has 0 aromatic heterocycles. The van der Waals surface area contributed by atoms with E-state index in [2.05, 4.69) is 20.5 Å². The van der Waals surface area contributed by atoms with E-state index in [1.54, 1.807) is 0 Å². The van der Waals surface area contributed by atoms with Crippen LogP contribution in [-0.2, 0) is 11.3 Å². The van der Waals surface area contributed by atoms with Crippen molar-refractivity contribution >= 4 is 11.9 Å². The smallest absolute Gasteiger partial charge is 0.251 e. The Kier molecular flexibility index (Phi) is 8.21. The number of carbonyl (C=O) groups excluding carboxylic acids is 1. The van der Waals surface area contributed by atoms with Crippen molar-refractivity contribution in [2.45, 2.75) is 19.9 Å². The molecule has 0 bridgehead atoms. The summed E-state index contributed by atoms with van der Waals surface area (Å²) in [5, 5.41) is 5.92. The predicted octanol–water partition coefficient (Wildman–Crippen LogP) is 0.563. The molecule has 4 N–H and O–H groups in total. The van der Waals surface area contributed by atoms with Gasteiger partial charge in [0.2, 0.25) is 0 Å². The molecule has 0 spiro atoms. The molecule has 1 aliphatic rings. The van der Waals surface area contributed by atoms with E-state index >= 15 is 0 Å². The molecule has 0 aliphatic carbocycles. The van der Waals surface area contributed by atoms with Gasteiger partial charge in [-0.1, -0.05) is 12.1 Å². The largest absolute Gasteiger partial charge is 0.379 e. The van der Waals surface area contributed by atoms with Crippen LogP contribution in [0, 0.1) is 0 Å². The van der Waals surface area contributed by atoms with Crippen LogP contribution in [0.2, 0.25) is 0 Å². The molecular weight excluding hydrogens is 318 g/mol. The van der Waals surface area contributed by atoms with Crippen molar-refractivity contribution in [3.8, 4) is 0 Å². The van der Waals surface area contributed by atoms with Gasteiger partial charge in [-0.05, 0) is 37.6 Å². The minimum atomic E-state index is -0.0565. The van der Waals surface area contributed by atoms with Gasteiger partial charge < -0.3 is 21.1 Å². The first-order valence-electron chi connectivity index (χ1n) is 8.90. The maximum absolute atomic E-state index is 11.7. The molecular formula is C18H29N5O2. The number of hydrogen-bond acceptors (Lipinski definition) is 4. The van der Waals surface area contributed by atoms with Crippen LogP contribution in [-0.4, -0.2) is 62.7 Å². The fourth-order valence-corrected chi connectivity index (χ4v) is 2.60. The first-order chi connectivity index (χ1) is 12.2. The van der Waals surface area contributed by atoms with Crippen molar-refractivity contribution in [2.75, 3.05) is 45.9 Å². The van der Waals surface area contributed by atoms with Crippen molar-refractivity contribution < 1.29 is 9.53 Å². The van der Waals surface area contributed by atoms with Crippen molar-refractivity contribution in [1.82, 2.24) is 15.5 Å². The zero-order valence-corrected chi connectivity index (χ0v) is 15.0. The Labute approximate surface area is 149 Å². The number of aliphatic imine (C=N–C) groups is 1. The molecule has 0 saturated carbocycles. The number of rotatable bonds is 8. The Morgan fingerprint density at radius 2 is 1.96 bits per heavy atom. The third kappa shape index (κ3) is 7.11. The van der Waals surface area contributed by atoms with Crippen LogP contribution in [0.3, 0.4) is 0 Å². The third-order valence-corrected chi connectivity index (χ3v) is 4.05. The summed E-state index contributed by atoms with van der Waals surface area (Å²) in [4.78, 5) is 18.4. The van der Waals surface area contributed by atoms with Crippen LogP contribution in [0.15, 0.2) is 29.3 Å². The number of morpholine rings is 1. The molecule has 1 amide bonds. The number of nitrogens with one attached hydrogen (secondary N) is 2. The van der Waals surface area contributed by atoms with Crippen LogP contribution in [0.25, 0.3) is 0 Å². The summed E-state index contributed by atoms with van der Waals surface area (Å²) in [6.07, 6.45) is 1.03. The second kappa shape index (κ2) is 10.7.